The highest BCUT2D eigenvalue weighted by atomic mass is 35.5. The van der Waals surface area contributed by atoms with Crippen LogP contribution < -0.4 is 0 Å². The molecule has 17 heavy (non-hydrogen) atoms. The van der Waals surface area contributed by atoms with E-state index in [0.717, 1.165) is 0 Å². The van der Waals surface area contributed by atoms with E-state index in [1.807, 2.05) is 0 Å². The zero-order chi connectivity index (χ0) is 12.8. The molecule has 0 aliphatic heterocycles. The maximum Gasteiger partial charge on any atom is 0.472 e. The zero-order valence-corrected chi connectivity index (χ0v) is 9.58. The number of hydrogen-bond acceptors (Lipinski definition) is 2. The number of hydrogen-bond donors (Lipinski definition) is 1. The Labute approximate surface area is 103 Å². The van der Waals surface area contributed by atoms with Gasteiger partial charge in [0, 0.05) is 5.02 Å². The lowest BCUT2D eigenvalue weighted by Gasteiger charge is -2.06. The van der Waals surface area contributed by atoms with Gasteiger partial charge in [-0.1, -0.05) is 11.6 Å². The molecule has 0 bridgehead atoms. The maximum atomic E-state index is 12.3. The van der Waals surface area contributed by atoms with Gasteiger partial charge in [-0.25, -0.2) is 4.57 Å². The molecule has 1 N–H and O–H groups in total. The monoisotopic (exact) mass is 280 g/mol. The third-order valence-corrected chi connectivity index (χ3v) is 2.61. The molecule has 0 atom stereocenters. The Morgan fingerprint density at radius 1 is 1.41 bits per heavy atom. The van der Waals surface area contributed by atoms with Crippen molar-refractivity contribution in [1.82, 2.24) is 9.55 Å². The van der Waals surface area contributed by atoms with Gasteiger partial charge in [0.15, 0.2) is 4.77 Å². The van der Waals surface area contributed by atoms with E-state index in [0.29, 0.717) is 9.59 Å². The Kier molecular flexibility index (Phi) is 2.75. The second-order valence-electron chi connectivity index (χ2n) is 3.23. The average molecular weight is 281 g/mol. The van der Waals surface area contributed by atoms with Gasteiger partial charge in [-0.3, -0.25) is 4.79 Å². The number of halogens is 4. The van der Waals surface area contributed by atoms with Gasteiger partial charge in [0.2, 0.25) is 0 Å². The number of rotatable bonds is 0. The summed E-state index contributed by atoms with van der Waals surface area (Å²) < 4.78 is 37.1. The summed E-state index contributed by atoms with van der Waals surface area (Å²) in [6.07, 6.45) is -4.98. The van der Waals surface area contributed by atoms with Crippen LogP contribution in [0.5, 0.6) is 0 Å². The molecular formula is C9H4ClF3N2OS. The molecule has 0 saturated carbocycles. The predicted octanol–water partition coefficient (Wildman–Crippen LogP) is 3.55. The van der Waals surface area contributed by atoms with Crippen molar-refractivity contribution in [3.05, 3.63) is 28.0 Å². The Balaban J connectivity index is 2.74. The molecule has 1 heterocycles. The van der Waals surface area contributed by atoms with Gasteiger partial charge in [-0.05, 0) is 30.4 Å². The van der Waals surface area contributed by atoms with Crippen LogP contribution in [0.2, 0.25) is 5.02 Å². The van der Waals surface area contributed by atoms with E-state index in [-0.39, 0.29) is 15.8 Å². The number of nitrogens with one attached hydrogen (secondary N) is 1. The number of nitrogens with zero attached hydrogens (tertiary/aromatic N) is 1. The summed E-state index contributed by atoms with van der Waals surface area (Å²) in [4.78, 5) is 13.7. The lowest BCUT2D eigenvalue weighted by atomic mass is 10.3. The summed E-state index contributed by atoms with van der Waals surface area (Å²) in [5, 5.41) is 0.334. The summed E-state index contributed by atoms with van der Waals surface area (Å²) >= 11 is 10.4. The second kappa shape index (κ2) is 3.85. The number of benzene rings is 1. The van der Waals surface area contributed by atoms with E-state index in [4.69, 9.17) is 11.6 Å². The highest BCUT2D eigenvalue weighted by Gasteiger charge is 2.41. The fraction of sp³-hybridized carbons (Fsp3) is 0.111. The van der Waals surface area contributed by atoms with Gasteiger partial charge < -0.3 is 4.98 Å². The summed E-state index contributed by atoms with van der Waals surface area (Å²) in [6, 6.07) is 4.08. The minimum Gasteiger partial charge on any atom is -0.330 e. The van der Waals surface area contributed by atoms with E-state index in [1.165, 1.54) is 18.2 Å². The number of carbonyl (C=O) groups excluding carboxylic acids is 1. The maximum absolute atomic E-state index is 12.3. The van der Waals surface area contributed by atoms with Crippen LogP contribution >= 0.6 is 23.8 Å². The van der Waals surface area contributed by atoms with Crippen molar-refractivity contribution in [2.24, 2.45) is 0 Å². The molecule has 1 aromatic carbocycles. The lowest BCUT2D eigenvalue weighted by molar-refractivity contribution is -0.0944. The van der Waals surface area contributed by atoms with Crippen molar-refractivity contribution >= 4 is 40.8 Å². The highest BCUT2D eigenvalue weighted by Crippen LogP contribution is 2.24. The Morgan fingerprint density at radius 3 is 2.65 bits per heavy atom. The summed E-state index contributed by atoms with van der Waals surface area (Å²) in [6.45, 7) is 0. The van der Waals surface area contributed by atoms with Crippen LogP contribution in [0.1, 0.15) is 4.79 Å². The van der Waals surface area contributed by atoms with E-state index in [1.54, 1.807) is 0 Å². The number of alkyl halides is 3. The molecule has 8 heteroatoms. The Morgan fingerprint density at radius 2 is 2.06 bits per heavy atom. The molecule has 1 aromatic heterocycles. The zero-order valence-electron chi connectivity index (χ0n) is 8.01. The van der Waals surface area contributed by atoms with E-state index >= 15 is 0 Å². The molecule has 0 spiro atoms. The first kappa shape index (κ1) is 12.1. The van der Waals surface area contributed by atoms with Crippen LogP contribution in [0.4, 0.5) is 13.2 Å². The molecule has 90 valence electrons. The van der Waals surface area contributed by atoms with Crippen molar-refractivity contribution < 1.29 is 18.0 Å². The minimum absolute atomic E-state index is 0.0433. The molecule has 0 fully saturated rings. The first-order valence-electron chi connectivity index (χ1n) is 4.32. The Hall–Kier alpha value is -1.34. The number of carbonyl (C=O) groups is 1. The van der Waals surface area contributed by atoms with Gasteiger partial charge in [-0.15, -0.1) is 0 Å². The topological polar surface area (TPSA) is 37.8 Å². The number of H-pyrrole nitrogens is 1. The van der Waals surface area contributed by atoms with Crippen molar-refractivity contribution in [3.8, 4) is 0 Å². The van der Waals surface area contributed by atoms with Crippen molar-refractivity contribution in [3.63, 3.8) is 0 Å². The fourth-order valence-corrected chi connectivity index (χ4v) is 1.88. The van der Waals surface area contributed by atoms with Crippen LogP contribution in [0, 0.1) is 4.77 Å². The SMILES string of the molecule is O=C(n1c(=S)[nH]c2cc(Cl)ccc21)C(F)(F)F. The van der Waals surface area contributed by atoms with Crippen molar-refractivity contribution in [2.75, 3.05) is 0 Å². The van der Waals surface area contributed by atoms with Crippen LogP contribution in [0.3, 0.4) is 0 Å². The third-order valence-electron chi connectivity index (χ3n) is 2.09. The molecule has 0 unspecified atom stereocenters. The molecule has 0 aliphatic rings. The van der Waals surface area contributed by atoms with Crippen LogP contribution in [-0.4, -0.2) is 21.6 Å². The van der Waals surface area contributed by atoms with Crippen LogP contribution in [0.25, 0.3) is 11.0 Å². The van der Waals surface area contributed by atoms with E-state index in [2.05, 4.69) is 17.2 Å². The summed E-state index contributed by atoms with van der Waals surface area (Å²) in [5.74, 6) is -2.03. The van der Waals surface area contributed by atoms with E-state index in [9.17, 15) is 18.0 Å². The smallest absolute Gasteiger partial charge is 0.330 e. The number of aromatic amines is 1. The predicted molar refractivity (Wildman–Crippen MR) is 58.8 cm³/mol. The molecule has 0 aliphatic carbocycles. The number of aromatic nitrogens is 2. The van der Waals surface area contributed by atoms with Gasteiger partial charge in [0.1, 0.15) is 0 Å². The standard InChI is InChI=1S/C9H4ClF3N2OS/c10-4-1-2-6-5(3-4)14-8(17)15(6)7(16)9(11,12)13/h1-3H,(H,14,17). The molecule has 0 amide bonds. The highest BCUT2D eigenvalue weighted by molar-refractivity contribution is 7.71. The largest absolute Gasteiger partial charge is 0.472 e. The first-order chi connectivity index (χ1) is 7.80. The van der Waals surface area contributed by atoms with Crippen molar-refractivity contribution in [2.45, 2.75) is 6.18 Å². The van der Waals surface area contributed by atoms with Gasteiger partial charge >= 0.3 is 12.1 Å². The molecule has 0 radical (unpaired) electrons. The van der Waals surface area contributed by atoms with Crippen LogP contribution in [-0.2, 0) is 0 Å². The quantitative estimate of drug-likeness (QED) is 0.749. The molecule has 2 rings (SSSR count). The average Bonchev–Trinajstić information content (AvgIpc) is 2.50. The third kappa shape index (κ3) is 2.07. The first-order valence-corrected chi connectivity index (χ1v) is 5.11. The van der Waals surface area contributed by atoms with Gasteiger partial charge in [0.25, 0.3) is 0 Å². The van der Waals surface area contributed by atoms with Gasteiger partial charge in [0.05, 0.1) is 11.0 Å². The number of fused-ring (bicyclic) bond motifs is 1. The molecule has 0 saturated heterocycles. The molecule has 2 aromatic rings. The van der Waals surface area contributed by atoms with E-state index < -0.39 is 12.1 Å². The second-order valence-corrected chi connectivity index (χ2v) is 4.05. The summed E-state index contributed by atoms with van der Waals surface area (Å²) in [7, 11) is 0. The normalized spacial score (nSPS) is 12.0. The minimum atomic E-state index is -4.98. The summed E-state index contributed by atoms with van der Waals surface area (Å²) in [5.41, 5.74) is 0.321. The lowest BCUT2D eigenvalue weighted by Crippen LogP contribution is -2.29. The number of imidazole rings is 1. The van der Waals surface area contributed by atoms with Crippen molar-refractivity contribution in [1.29, 1.82) is 0 Å². The molecule has 3 nitrogen and oxygen atoms in total. The molecular weight excluding hydrogens is 277 g/mol. The van der Waals surface area contributed by atoms with Gasteiger partial charge in [-0.2, -0.15) is 13.2 Å². The van der Waals surface area contributed by atoms with Crippen LogP contribution in [0.15, 0.2) is 18.2 Å². The fourth-order valence-electron chi connectivity index (χ4n) is 1.41. The Bertz CT molecular complexity index is 658.